The molecule has 8 fully saturated rings. The number of carbonyl (C=O) groups is 4. The maximum atomic E-state index is 13.6. The first-order valence-electron chi connectivity index (χ1n) is 21.5. The lowest BCUT2D eigenvalue weighted by Gasteiger charge is -2.60. The summed E-state index contributed by atoms with van der Waals surface area (Å²) < 4.78 is 214. The van der Waals surface area contributed by atoms with Crippen LogP contribution < -0.4 is 0 Å². The van der Waals surface area contributed by atoms with E-state index in [2.05, 4.69) is 0 Å². The van der Waals surface area contributed by atoms with Crippen molar-refractivity contribution in [3.63, 3.8) is 0 Å². The molecule has 4 atom stereocenters. The van der Waals surface area contributed by atoms with Crippen molar-refractivity contribution in [2.45, 2.75) is 131 Å². The van der Waals surface area contributed by atoms with E-state index < -0.39 is 147 Å². The van der Waals surface area contributed by atoms with E-state index in [1.807, 2.05) is 0 Å². The molecule has 8 aliphatic rings. The normalized spacial score (nSPS) is 31.4. The molecule has 0 radical (unpaired) electrons. The van der Waals surface area contributed by atoms with E-state index in [0.717, 1.165) is 6.07 Å². The van der Waals surface area contributed by atoms with E-state index >= 15 is 0 Å². The first-order chi connectivity index (χ1) is 31.0. The SMILES string of the molecule is O=C(OCC12CC3CC(C1)CC(C(=O)OCCC(O)(C(F)(F)F)C(F)(F)F)(C3)C2)c1cc(C(=O)OCC23CC4CC(C2)CC(C(=O)OCCC(O)(C(F)(F)F)C(F)(F)F)(C4)C3)cc(S(=O)(=O)O)c1. The van der Waals surface area contributed by atoms with Crippen LogP contribution in [0.1, 0.15) is 111 Å². The highest BCUT2D eigenvalue weighted by Crippen LogP contribution is 2.67. The van der Waals surface area contributed by atoms with Crippen LogP contribution in [0, 0.1) is 45.3 Å². The number of aliphatic hydroxyl groups is 2. The predicted molar refractivity (Wildman–Crippen MR) is 201 cm³/mol. The van der Waals surface area contributed by atoms with Crippen LogP contribution in [0.3, 0.4) is 0 Å². The predicted octanol–water partition coefficient (Wildman–Crippen LogP) is 8.00. The molecule has 0 spiro atoms. The van der Waals surface area contributed by atoms with Crippen molar-refractivity contribution in [3.8, 4) is 0 Å². The van der Waals surface area contributed by atoms with Crippen molar-refractivity contribution in [2.24, 2.45) is 45.3 Å². The maximum absolute atomic E-state index is 13.6. The van der Waals surface area contributed by atoms with Crippen molar-refractivity contribution in [1.29, 1.82) is 0 Å². The highest BCUT2D eigenvalue weighted by atomic mass is 32.2. The standard InChI is InChI=1S/C42H46F12O13S/c43-39(44,45)37(59,40(46,47)48)1-3-64-31(57)35-14-22-5-23(15-35)11-33(10-22,18-35)20-66-29(55)26-7-27(9-28(8-26)68(61,62)63)30(56)67-21-34-12-24-6-25(13-34)17-36(16-24,19-34)32(58)65-4-2-38(60,41(49,50)51)42(52,53)54/h7-9,22-25,59-60H,1-6,10-21H2,(H,61,62,63). The zero-order chi connectivity index (χ0) is 50.5. The van der Waals surface area contributed by atoms with E-state index in [1.165, 1.54) is 0 Å². The largest absolute Gasteiger partial charge is 0.465 e. The van der Waals surface area contributed by atoms with Crippen LogP contribution in [-0.2, 0) is 38.7 Å². The number of halogens is 12. The van der Waals surface area contributed by atoms with Gasteiger partial charge in [-0.05, 0) is 119 Å². The van der Waals surface area contributed by atoms with Crippen molar-refractivity contribution >= 4 is 34.0 Å². The third kappa shape index (κ3) is 9.51. The molecule has 13 nitrogen and oxygen atoms in total. The molecule has 1 aromatic carbocycles. The third-order valence-electron chi connectivity index (χ3n) is 15.2. The van der Waals surface area contributed by atoms with Crippen LogP contribution in [0.2, 0.25) is 0 Å². The fraction of sp³-hybridized carbons (Fsp3) is 0.762. The van der Waals surface area contributed by atoms with Gasteiger partial charge in [0.2, 0.25) is 0 Å². The van der Waals surface area contributed by atoms with Crippen molar-refractivity contribution in [1.82, 2.24) is 0 Å². The minimum Gasteiger partial charge on any atom is -0.465 e. The van der Waals surface area contributed by atoms with E-state index in [-0.39, 0.29) is 62.2 Å². The van der Waals surface area contributed by atoms with E-state index in [4.69, 9.17) is 18.9 Å². The summed E-state index contributed by atoms with van der Waals surface area (Å²) in [5.41, 5.74) is -16.0. The second-order valence-electron chi connectivity index (χ2n) is 20.3. The van der Waals surface area contributed by atoms with Crippen LogP contribution in [-0.4, -0.2) is 109 Å². The Kier molecular flexibility index (Phi) is 12.9. The molecule has 26 heteroatoms. The molecule has 0 heterocycles. The summed E-state index contributed by atoms with van der Waals surface area (Å²) in [6.07, 6.45) is -25.1. The average molecular weight is 1020 g/mol. The fourth-order valence-electron chi connectivity index (χ4n) is 13.1. The zero-order valence-electron chi connectivity index (χ0n) is 35.6. The van der Waals surface area contributed by atoms with Gasteiger partial charge in [0.15, 0.2) is 0 Å². The number of rotatable bonds is 15. The molecule has 8 saturated carbocycles. The Morgan fingerprint density at radius 2 is 0.838 bits per heavy atom. The van der Waals surface area contributed by atoms with Crippen LogP contribution >= 0.6 is 0 Å². The van der Waals surface area contributed by atoms with E-state index in [1.54, 1.807) is 0 Å². The molecular weight excluding hydrogens is 972 g/mol. The smallest absolute Gasteiger partial charge is 0.426 e. The van der Waals surface area contributed by atoms with Crippen LogP contribution in [0.15, 0.2) is 23.1 Å². The highest BCUT2D eigenvalue weighted by molar-refractivity contribution is 7.85. The van der Waals surface area contributed by atoms with Crippen molar-refractivity contribution < 1.29 is 114 Å². The summed E-state index contributed by atoms with van der Waals surface area (Å²) in [6, 6.07) is 2.31. The summed E-state index contributed by atoms with van der Waals surface area (Å²) in [6.45, 7) is -3.65. The molecule has 382 valence electrons. The summed E-state index contributed by atoms with van der Waals surface area (Å²) in [5.74, 6) is -5.33. The van der Waals surface area contributed by atoms with Crippen LogP contribution in [0.4, 0.5) is 52.7 Å². The zero-order valence-corrected chi connectivity index (χ0v) is 36.5. The van der Waals surface area contributed by atoms with Gasteiger partial charge in [0.1, 0.15) is 0 Å². The first kappa shape index (κ1) is 51.9. The van der Waals surface area contributed by atoms with Crippen molar-refractivity contribution in [3.05, 3.63) is 29.3 Å². The number of hydrogen-bond donors (Lipinski definition) is 3. The minimum absolute atomic E-state index is 0.0491. The van der Waals surface area contributed by atoms with Gasteiger partial charge in [0.25, 0.3) is 21.3 Å². The summed E-state index contributed by atoms with van der Waals surface area (Å²) in [7, 11) is -5.12. The topological polar surface area (TPSA) is 200 Å². The van der Waals surface area contributed by atoms with Gasteiger partial charge in [-0.3, -0.25) is 14.1 Å². The van der Waals surface area contributed by atoms with Gasteiger partial charge in [-0.15, -0.1) is 0 Å². The third-order valence-corrected chi connectivity index (χ3v) is 16.0. The molecule has 9 rings (SSSR count). The monoisotopic (exact) mass is 1020 g/mol. The van der Waals surface area contributed by atoms with Gasteiger partial charge in [-0.1, -0.05) is 0 Å². The number of carbonyl (C=O) groups excluding carboxylic acids is 4. The number of alkyl halides is 12. The Bertz CT molecular complexity index is 2100. The summed E-state index contributed by atoms with van der Waals surface area (Å²) >= 11 is 0. The second-order valence-corrected chi connectivity index (χ2v) is 21.8. The van der Waals surface area contributed by atoms with Gasteiger partial charge < -0.3 is 29.2 Å². The molecule has 3 N–H and O–H groups in total. The average Bonchev–Trinajstić information content (AvgIpc) is 3.18. The summed E-state index contributed by atoms with van der Waals surface area (Å²) in [4.78, 5) is 53.1. The Morgan fingerprint density at radius 3 is 1.12 bits per heavy atom. The fourth-order valence-corrected chi connectivity index (χ4v) is 13.6. The molecule has 0 saturated heterocycles. The van der Waals surface area contributed by atoms with E-state index in [9.17, 15) is 95.0 Å². The molecule has 68 heavy (non-hydrogen) atoms. The minimum atomic E-state index is -6.13. The Morgan fingerprint density at radius 1 is 0.529 bits per heavy atom. The number of benzene rings is 1. The number of ether oxygens (including phenoxy) is 4. The molecule has 8 bridgehead atoms. The Hall–Kier alpha value is -3.91. The lowest BCUT2D eigenvalue weighted by atomic mass is 9.44. The van der Waals surface area contributed by atoms with Gasteiger partial charge in [-0.2, -0.15) is 61.1 Å². The lowest BCUT2D eigenvalue weighted by Crippen LogP contribution is -2.58. The first-order valence-corrected chi connectivity index (χ1v) is 23.0. The van der Waals surface area contributed by atoms with Gasteiger partial charge in [0.05, 0.1) is 53.3 Å². The van der Waals surface area contributed by atoms with Crippen LogP contribution in [0.5, 0.6) is 0 Å². The van der Waals surface area contributed by atoms with Crippen LogP contribution in [0.25, 0.3) is 0 Å². The Balaban J connectivity index is 1.01. The van der Waals surface area contributed by atoms with Crippen molar-refractivity contribution in [2.75, 3.05) is 26.4 Å². The number of esters is 4. The molecule has 0 aromatic heterocycles. The maximum Gasteiger partial charge on any atom is 0.426 e. The molecule has 0 amide bonds. The number of hydrogen-bond acceptors (Lipinski definition) is 12. The molecule has 8 aliphatic carbocycles. The molecular formula is C42H46F12O13S. The molecule has 1 aromatic rings. The van der Waals surface area contributed by atoms with Gasteiger partial charge in [0, 0.05) is 23.7 Å². The second kappa shape index (κ2) is 16.9. The summed E-state index contributed by atoms with van der Waals surface area (Å²) in [5, 5.41) is 19.0. The Labute approximate surface area is 379 Å². The van der Waals surface area contributed by atoms with E-state index in [0.29, 0.717) is 50.7 Å². The van der Waals surface area contributed by atoms with Gasteiger partial charge in [-0.25, -0.2) is 9.59 Å². The molecule has 0 aliphatic heterocycles. The quantitative estimate of drug-likeness (QED) is 0.0662. The lowest BCUT2D eigenvalue weighted by molar-refractivity contribution is -0.371. The molecule has 4 unspecified atom stereocenters. The van der Waals surface area contributed by atoms with Gasteiger partial charge >= 0.3 is 48.6 Å². The highest BCUT2D eigenvalue weighted by Gasteiger charge is 2.72.